The maximum Gasteiger partial charge on any atom is 0.246 e. The van der Waals surface area contributed by atoms with Gasteiger partial charge in [0.1, 0.15) is 42.5 Å². The van der Waals surface area contributed by atoms with Crippen molar-refractivity contribution in [2.75, 3.05) is 59.9 Å². The van der Waals surface area contributed by atoms with E-state index < -0.39 is 35.4 Å². The van der Waals surface area contributed by atoms with E-state index in [1.165, 1.54) is 16.2 Å². The average molecular weight is 979 g/mol. The Morgan fingerprint density at radius 2 is 1.46 bits per heavy atom. The minimum Gasteiger partial charge on any atom is -0.508 e. The van der Waals surface area contributed by atoms with Gasteiger partial charge < -0.3 is 49.4 Å². The molecular weight excluding hydrogens is 921 g/mol. The van der Waals surface area contributed by atoms with E-state index in [0.29, 0.717) is 42.4 Å². The molecule has 3 atom stereocenters. The number of β-amino-alcohol motifs (C(OH)–C–C–N with tert-alkyl or cyclic N) is 1. The maximum atomic E-state index is 14.0. The van der Waals surface area contributed by atoms with Gasteiger partial charge in [0.15, 0.2) is 5.78 Å². The number of nitrogens with one attached hydrogen (secondary N) is 2. The molecule has 0 aliphatic carbocycles. The van der Waals surface area contributed by atoms with Gasteiger partial charge in [-0.2, -0.15) is 0 Å². The molecule has 17 heteroatoms. The van der Waals surface area contributed by atoms with Gasteiger partial charge in [0.05, 0.1) is 62.3 Å². The van der Waals surface area contributed by atoms with Gasteiger partial charge in [-0.25, -0.2) is 4.98 Å². The number of aliphatic hydroxyl groups excluding tert-OH is 1. The molecule has 4 N–H and O–H groups in total. The maximum absolute atomic E-state index is 14.0. The van der Waals surface area contributed by atoms with E-state index in [-0.39, 0.29) is 63.4 Å². The molecule has 1 saturated heterocycles. The lowest BCUT2D eigenvalue weighted by atomic mass is 9.85. The molecule has 364 valence electrons. The van der Waals surface area contributed by atoms with Gasteiger partial charge >= 0.3 is 0 Å². The highest BCUT2D eigenvalue weighted by atomic mass is 32.1. The van der Waals surface area contributed by atoms with Crippen LogP contribution in [-0.2, 0) is 35.1 Å². The molecule has 3 heterocycles. The third-order valence-electron chi connectivity index (χ3n) is 11.6. The predicted molar refractivity (Wildman–Crippen MR) is 265 cm³/mol. The van der Waals surface area contributed by atoms with Crippen LogP contribution in [0.1, 0.15) is 54.4 Å². The zero-order valence-corrected chi connectivity index (χ0v) is 41.0. The number of phenolic OH excluding ortho intramolecular Hbond substituents is 1. The van der Waals surface area contributed by atoms with Crippen molar-refractivity contribution >= 4 is 56.3 Å². The SMILES string of the molecule is COc1ccc2c(C(=O)c3ccc(OCCOCCOCCOCC(=O)NC(C(=O)N4C[C@H](O)C[C@H]4C(=O)NCc4ccc(-c5scnc5C)cc4)C(C)(C)C)cc3)c(-c3ccc(O)cc3)sc2c1. The zero-order valence-electron chi connectivity index (χ0n) is 39.3. The second-order valence-electron chi connectivity index (χ2n) is 17.6. The summed E-state index contributed by atoms with van der Waals surface area (Å²) in [4.78, 5) is 61.9. The molecule has 3 amide bonds. The van der Waals surface area contributed by atoms with Crippen LogP contribution in [0.4, 0.5) is 0 Å². The van der Waals surface area contributed by atoms with Gasteiger partial charge in [-0.1, -0.05) is 45.0 Å². The number of carbonyl (C=O) groups excluding carboxylic acids is 4. The number of aromatic nitrogens is 1. The summed E-state index contributed by atoms with van der Waals surface area (Å²) in [5.74, 6) is -0.0342. The summed E-state index contributed by atoms with van der Waals surface area (Å²) >= 11 is 3.06. The number of ether oxygens (including phenoxy) is 5. The summed E-state index contributed by atoms with van der Waals surface area (Å²) in [5.41, 5.74) is 5.90. The quantitative estimate of drug-likeness (QED) is 0.0396. The van der Waals surface area contributed by atoms with Crippen molar-refractivity contribution in [3.8, 4) is 38.1 Å². The van der Waals surface area contributed by atoms with Crippen molar-refractivity contribution in [3.05, 3.63) is 119 Å². The van der Waals surface area contributed by atoms with E-state index in [4.69, 9.17) is 23.7 Å². The number of thiophene rings is 1. The Kier molecular flexibility index (Phi) is 17.2. The third kappa shape index (κ3) is 13.1. The number of amides is 3. The topological polar surface area (TPSA) is 195 Å². The Morgan fingerprint density at radius 1 is 0.826 bits per heavy atom. The number of rotatable bonds is 22. The summed E-state index contributed by atoms with van der Waals surface area (Å²) in [6, 6.07) is 25.4. The summed E-state index contributed by atoms with van der Waals surface area (Å²) in [7, 11) is 1.60. The van der Waals surface area contributed by atoms with Gasteiger partial charge in [0.2, 0.25) is 17.7 Å². The van der Waals surface area contributed by atoms with Crippen LogP contribution >= 0.6 is 22.7 Å². The Bertz CT molecular complexity index is 2700. The van der Waals surface area contributed by atoms with Crippen LogP contribution in [0, 0.1) is 12.3 Å². The van der Waals surface area contributed by atoms with Gasteiger partial charge in [-0.3, -0.25) is 19.2 Å². The first kappa shape index (κ1) is 50.7. The van der Waals surface area contributed by atoms with Crippen LogP contribution in [0.15, 0.2) is 96.5 Å². The van der Waals surface area contributed by atoms with Crippen LogP contribution in [0.2, 0.25) is 0 Å². The molecule has 69 heavy (non-hydrogen) atoms. The fraction of sp³-hybridized carbons (Fsp3) is 0.365. The van der Waals surface area contributed by atoms with Crippen molar-refractivity contribution in [1.82, 2.24) is 20.5 Å². The van der Waals surface area contributed by atoms with E-state index in [9.17, 15) is 29.4 Å². The van der Waals surface area contributed by atoms with Crippen molar-refractivity contribution in [1.29, 1.82) is 0 Å². The number of ketones is 1. The number of fused-ring (bicyclic) bond motifs is 1. The fourth-order valence-electron chi connectivity index (χ4n) is 7.90. The summed E-state index contributed by atoms with van der Waals surface area (Å²) in [5, 5.41) is 26.9. The molecule has 2 aromatic heterocycles. The monoisotopic (exact) mass is 978 g/mol. The van der Waals surface area contributed by atoms with Gasteiger partial charge in [-0.15, -0.1) is 22.7 Å². The summed E-state index contributed by atoms with van der Waals surface area (Å²) < 4.78 is 28.9. The second-order valence-corrected chi connectivity index (χ2v) is 19.5. The Labute approximate surface area is 409 Å². The van der Waals surface area contributed by atoms with Crippen LogP contribution in [0.25, 0.3) is 31.0 Å². The van der Waals surface area contributed by atoms with Crippen molar-refractivity contribution < 1.29 is 53.1 Å². The molecule has 0 bridgehead atoms. The fourth-order valence-corrected chi connectivity index (χ4v) is 9.94. The van der Waals surface area contributed by atoms with Gasteiger partial charge in [0.25, 0.3) is 0 Å². The number of likely N-dealkylation sites (tertiary alicyclic amines) is 1. The molecule has 0 radical (unpaired) electrons. The molecule has 1 fully saturated rings. The molecular formula is C52H58N4O11S2. The van der Waals surface area contributed by atoms with E-state index >= 15 is 0 Å². The van der Waals surface area contributed by atoms with Crippen molar-refractivity contribution in [2.24, 2.45) is 5.41 Å². The normalized spacial score (nSPS) is 15.2. The number of aromatic hydroxyl groups is 1. The lowest BCUT2D eigenvalue weighted by Gasteiger charge is -2.35. The number of hydrogen-bond acceptors (Lipinski definition) is 14. The molecule has 7 rings (SSSR count). The Hall–Kier alpha value is -6.21. The lowest BCUT2D eigenvalue weighted by Crippen LogP contribution is -2.58. The van der Waals surface area contributed by atoms with Crippen molar-refractivity contribution in [2.45, 2.75) is 58.8 Å². The number of hydrogen-bond donors (Lipinski definition) is 4. The van der Waals surface area contributed by atoms with Crippen LogP contribution < -0.4 is 20.1 Å². The molecule has 6 aromatic rings. The average Bonchev–Trinajstić information content (AvgIpc) is 4.07. The minimum absolute atomic E-state index is 0.0261. The van der Waals surface area contributed by atoms with Crippen molar-refractivity contribution in [3.63, 3.8) is 0 Å². The lowest BCUT2D eigenvalue weighted by molar-refractivity contribution is -0.144. The molecule has 1 aliphatic heterocycles. The van der Waals surface area contributed by atoms with Crippen LogP contribution in [0.3, 0.4) is 0 Å². The molecule has 1 unspecified atom stereocenters. The van der Waals surface area contributed by atoms with E-state index in [1.807, 2.05) is 75.7 Å². The highest BCUT2D eigenvalue weighted by Crippen LogP contribution is 2.42. The Morgan fingerprint density at radius 3 is 2.12 bits per heavy atom. The number of methoxy groups -OCH3 is 1. The molecule has 1 aliphatic rings. The first-order valence-corrected chi connectivity index (χ1v) is 24.4. The first-order chi connectivity index (χ1) is 33.2. The van der Waals surface area contributed by atoms with Crippen LogP contribution in [-0.4, -0.2) is 122 Å². The zero-order chi connectivity index (χ0) is 49.1. The predicted octanol–water partition coefficient (Wildman–Crippen LogP) is 7.18. The second kappa shape index (κ2) is 23.4. The third-order valence-corrected chi connectivity index (χ3v) is 13.7. The Balaban J connectivity index is 0.784. The molecule has 0 saturated carbocycles. The number of phenols is 1. The highest BCUT2D eigenvalue weighted by Gasteiger charge is 2.44. The van der Waals surface area contributed by atoms with E-state index in [0.717, 1.165) is 42.2 Å². The van der Waals surface area contributed by atoms with E-state index in [1.54, 1.807) is 67.0 Å². The largest absolute Gasteiger partial charge is 0.508 e. The minimum atomic E-state index is -0.979. The number of benzene rings is 4. The van der Waals surface area contributed by atoms with E-state index in [2.05, 4.69) is 15.6 Å². The first-order valence-electron chi connectivity index (χ1n) is 22.7. The standard InChI is InChI=1S/C52H58N4O11S2/c1-32-47(68-31-54-32)35-8-6-33(7-9-35)28-53-50(61)42-26-38(58)29-56(42)51(62)49(52(2,3)4)55-44(59)30-66-23-22-64-20-21-65-24-25-67-39-16-12-34(13-17-39)46(60)45-41-19-18-40(63-5)27-43(41)69-48(45)36-10-14-37(57)15-11-36/h6-19,27,31,38,42,49,57-58H,20-26,28-30H2,1-5H3,(H,53,61)(H,55,59)/t38-,42+,49?/m1/s1. The van der Waals surface area contributed by atoms with Gasteiger partial charge in [0, 0.05) is 45.6 Å². The summed E-state index contributed by atoms with van der Waals surface area (Å²) in [6.45, 7) is 8.87. The number of aliphatic hydroxyl groups is 1. The number of thiazole rings is 1. The van der Waals surface area contributed by atoms with Crippen LogP contribution in [0.5, 0.6) is 17.2 Å². The number of nitrogens with zero attached hydrogens (tertiary/aromatic N) is 2. The smallest absolute Gasteiger partial charge is 0.246 e. The molecule has 15 nitrogen and oxygen atoms in total. The van der Waals surface area contributed by atoms with Gasteiger partial charge in [-0.05, 0) is 95.8 Å². The highest BCUT2D eigenvalue weighted by molar-refractivity contribution is 7.22. The number of aryl methyl sites for hydroxylation is 1. The molecule has 4 aromatic carbocycles. The summed E-state index contributed by atoms with van der Waals surface area (Å²) in [6.07, 6.45) is -0.793. The molecule has 0 spiro atoms. The number of carbonyl (C=O) groups is 4.